The van der Waals surface area contributed by atoms with Gasteiger partial charge >= 0.3 is 6.18 Å². The molecule has 2 unspecified atom stereocenters. The van der Waals surface area contributed by atoms with E-state index < -0.39 is 24.0 Å². The highest BCUT2D eigenvalue weighted by Crippen LogP contribution is 2.34. The molecule has 3 aromatic heterocycles. The minimum atomic E-state index is -4.55. The molecule has 2 atom stereocenters. The molecule has 160 valence electrons. The molecular formula is C20H23F3N6O. The summed E-state index contributed by atoms with van der Waals surface area (Å²) in [7, 11) is 0. The minimum absolute atomic E-state index is 0.122. The Balaban J connectivity index is 1.72. The number of aryl methyl sites for hydroxylation is 2. The van der Waals surface area contributed by atoms with Crippen LogP contribution in [0.25, 0.3) is 5.65 Å². The second kappa shape index (κ2) is 7.41. The monoisotopic (exact) mass is 420 g/mol. The van der Waals surface area contributed by atoms with Crippen LogP contribution in [-0.4, -0.2) is 41.7 Å². The van der Waals surface area contributed by atoms with Crippen LogP contribution in [0, 0.1) is 13.8 Å². The van der Waals surface area contributed by atoms with E-state index in [4.69, 9.17) is 0 Å². The fraction of sp³-hybridized carbons (Fsp3) is 0.500. The van der Waals surface area contributed by atoms with Gasteiger partial charge in [-0.25, -0.2) is 9.50 Å². The summed E-state index contributed by atoms with van der Waals surface area (Å²) in [6.45, 7) is 5.71. The molecule has 1 saturated heterocycles. The number of aromatic nitrogens is 5. The zero-order valence-corrected chi connectivity index (χ0v) is 17.0. The van der Waals surface area contributed by atoms with Crippen LogP contribution in [0.1, 0.15) is 61.0 Å². The molecular weight excluding hydrogens is 397 g/mol. The molecule has 0 spiro atoms. The first kappa shape index (κ1) is 20.4. The number of piperidine rings is 1. The Hall–Kier alpha value is -2.91. The maximum absolute atomic E-state index is 13.5. The van der Waals surface area contributed by atoms with Gasteiger partial charge in [0.25, 0.3) is 0 Å². The van der Waals surface area contributed by atoms with Crippen LogP contribution >= 0.6 is 0 Å². The molecule has 30 heavy (non-hydrogen) atoms. The van der Waals surface area contributed by atoms with Crippen LogP contribution in [0.15, 0.2) is 24.4 Å². The predicted octanol–water partition coefficient (Wildman–Crippen LogP) is 3.88. The smallest absolute Gasteiger partial charge is 0.332 e. The van der Waals surface area contributed by atoms with Gasteiger partial charge in [-0.2, -0.15) is 23.4 Å². The summed E-state index contributed by atoms with van der Waals surface area (Å²) in [5, 5.41) is 8.46. The van der Waals surface area contributed by atoms with Crippen molar-refractivity contribution >= 4 is 11.6 Å². The summed E-state index contributed by atoms with van der Waals surface area (Å²) in [5.74, 6) is -0.122. The van der Waals surface area contributed by atoms with Gasteiger partial charge in [0.15, 0.2) is 5.65 Å². The maximum atomic E-state index is 13.5. The topological polar surface area (TPSA) is 68.3 Å². The molecule has 7 nitrogen and oxygen atoms in total. The average molecular weight is 420 g/mol. The molecule has 4 rings (SSSR count). The number of alkyl halides is 3. The van der Waals surface area contributed by atoms with Crippen molar-refractivity contribution in [1.82, 2.24) is 29.3 Å². The number of halogens is 3. The quantitative estimate of drug-likeness (QED) is 0.645. The molecule has 0 aliphatic carbocycles. The van der Waals surface area contributed by atoms with Gasteiger partial charge in [0.1, 0.15) is 11.7 Å². The fourth-order valence-corrected chi connectivity index (χ4v) is 4.12. The van der Waals surface area contributed by atoms with Gasteiger partial charge in [-0.1, -0.05) is 0 Å². The first-order valence-electron chi connectivity index (χ1n) is 9.92. The third-order valence-electron chi connectivity index (χ3n) is 5.58. The molecule has 4 heterocycles. The van der Waals surface area contributed by atoms with E-state index in [9.17, 15) is 18.0 Å². The molecule has 10 heteroatoms. The van der Waals surface area contributed by atoms with Crippen molar-refractivity contribution < 1.29 is 18.0 Å². The van der Waals surface area contributed by atoms with Gasteiger partial charge < -0.3 is 4.90 Å². The van der Waals surface area contributed by atoms with Crippen molar-refractivity contribution in [2.75, 3.05) is 6.54 Å². The second-order valence-electron chi connectivity index (χ2n) is 7.76. The Labute approximate surface area is 171 Å². The zero-order valence-electron chi connectivity index (χ0n) is 17.0. The number of hydrogen-bond donors (Lipinski definition) is 0. The maximum Gasteiger partial charge on any atom is 0.433 e. The highest BCUT2D eigenvalue weighted by Gasteiger charge is 2.37. The first-order chi connectivity index (χ1) is 14.2. The van der Waals surface area contributed by atoms with E-state index in [0.717, 1.165) is 29.1 Å². The number of hydrogen-bond acceptors (Lipinski definition) is 4. The largest absolute Gasteiger partial charge is 0.433 e. The number of fused-ring (bicyclic) bond motifs is 1. The van der Waals surface area contributed by atoms with Crippen molar-refractivity contribution in [3.8, 4) is 0 Å². The Morgan fingerprint density at radius 2 is 2.00 bits per heavy atom. The van der Waals surface area contributed by atoms with E-state index in [1.807, 2.05) is 13.0 Å². The van der Waals surface area contributed by atoms with Crippen molar-refractivity contribution in [1.29, 1.82) is 0 Å². The standard InChI is InChI=1S/C20H23F3N6O/c1-12-10-17(20(21,22)23)29-18(25-12)11-15(26-29)16-6-4-5-9-27(16)19(30)14(3)28-13(2)7-8-24-28/h7-8,10-11,14,16H,4-6,9H2,1-3H3. The van der Waals surface area contributed by atoms with Gasteiger partial charge in [0.2, 0.25) is 5.91 Å². The average Bonchev–Trinajstić information content (AvgIpc) is 3.31. The van der Waals surface area contributed by atoms with Crippen molar-refractivity contribution in [3.63, 3.8) is 0 Å². The fourth-order valence-electron chi connectivity index (χ4n) is 4.12. The summed E-state index contributed by atoms with van der Waals surface area (Å²) in [4.78, 5) is 19.2. The lowest BCUT2D eigenvalue weighted by Crippen LogP contribution is -2.42. The SMILES string of the molecule is Cc1cc(C(F)(F)F)n2nc(C3CCCCN3C(=O)C(C)n3nccc3C)cc2n1. The van der Waals surface area contributed by atoms with Crippen LogP contribution in [0.5, 0.6) is 0 Å². The van der Waals surface area contributed by atoms with E-state index in [1.165, 1.54) is 6.92 Å². The van der Waals surface area contributed by atoms with E-state index in [-0.39, 0.29) is 17.2 Å². The summed E-state index contributed by atoms with van der Waals surface area (Å²) < 4.78 is 43.0. The van der Waals surface area contributed by atoms with Gasteiger partial charge in [-0.05, 0) is 52.2 Å². The van der Waals surface area contributed by atoms with Crippen LogP contribution in [0.2, 0.25) is 0 Å². The molecule has 0 bridgehead atoms. The predicted molar refractivity (Wildman–Crippen MR) is 103 cm³/mol. The molecule has 0 aromatic carbocycles. The summed E-state index contributed by atoms with van der Waals surface area (Å²) in [6, 6.07) is 3.46. The number of amides is 1. The summed E-state index contributed by atoms with van der Waals surface area (Å²) >= 11 is 0. The first-order valence-corrected chi connectivity index (χ1v) is 9.92. The van der Waals surface area contributed by atoms with Crippen LogP contribution in [0.3, 0.4) is 0 Å². The third-order valence-corrected chi connectivity index (χ3v) is 5.58. The highest BCUT2D eigenvalue weighted by atomic mass is 19.4. The second-order valence-corrected chi connectivity index (χ2v) is 7.76. The van der Waals surface area contributed by atoms with Gasteiger partial charge in [-0.15, -0.1) is 0 Å². The van der Waals surface area contributed by atoms with Gasteiger partial charge in [0, 0.05) is 30.2 Å². The van der Waals surface area contributed by atoms with E-state index >= 15 is 0 Å². The summed E-state index contributed by atoms with van der Waals surface area (Å²) in [5.41, 5.74) is 0.819. The lowest BCUT2D eigenvalue weighted by atomic mass is 9.98. The van der Waals surface area contributed by atoms with Crippen LogP contribution in [-0.2, 0) is 11.0 Å². The Kier molecular flexibility index (Phi) is 5.03. The van der Waals surface area contributed by atoms with Crippen molar-refractivity contribution in [2.24, 2.45) is 0 Å². The molecule has 1 fully saturated rings. The van der Waals surface area contributed by atoms with Crippen LogP contribution in [0.4, 0.5) is 13.2 Å². The molecule has 0 radical (unpaired) electrons. The Morgan fingerprint density at radius 3 is 2.67 bits per heavy atom. The summed E-state index contributed by atoms with van der Waals surface area (Å²) in [6.07, 6.45) is -0.562. The van der Waals surface area contributed by atoms with Gasteiger partial charge in [0.05, 0.1) is 11.7 Å². The molecule has 1 aliphatic heterocycles. The van der Waals surface area contributed by atoms with E-state index in [0.29, 0.717) is 18.7 Å². The molecule has 3 aromatic rings. The molecule has 0 saturated carbocycles. The number of rotatable bonds is 3. The third kappa shape index (κ3) is 3.54. The molecule has 1 aliphatic rings. The van der Waals surface area contributed by atoms with Gasteiger partial charge in [-0.3, -0.25) is 9.48 Å². The van der Waals surface area contributed by atoms with E-state index in [1.54, 1.807) is 28.8 Å². The van der Waals surface area contributed by atoms with Crippen molar-refractivity contribution in [3.05, 3.63) is 47.2 Å². The van der Waals surface area contributed by atoms with E-state index in [2.05, 4.69) is 15.2 Å². The number of carbonyl (C=O) groups excluding carboxylic acids is 1. The Bertz CT molecular complexity index is 1090. The normalized spacial score (nSPS) is 18.7. The lowest BCUT2D eigenvalue weighted by molar-refractivity contribution is -0.143. The van der Waals surface area contributed by atoms with Crippen LogP contribution < -0.4 is 0 Å². The number of carbonyl (C=O) groups is 1. The number of nitrogens with zero attached hydrogens (tertiary/aromatic N) is 6. The molecule has 1 amide bonds. The zero-order chi connectivity index (χ0) is 21.6. The lowest BCUT2D eigenvalue weighted by Gasteiger charge is -2.36. The Morgan fingerprint density at radius 1 is 1.23 bits per heavy atom. The van der Waals surface area contributed by atoms with Crippen molar-refractivity contribution in [2.45, 2.75) is 58.3 Å². The minimum Gasteiger partial charge on any atom is -0.332 e. The number of likely N-dealkylation sites (tertiary alicyclic amines) is 1. The highest BCUT2D eigenvalue weighted by molar-refractivity contribution is 5.80. The molecule has 0 N–H and O–H groups in total.